The van der Waals surface area contributed by atoms with Crippen LogP contribution in [0.15, 0.2) is 0 Å². The van der Waals surface area contributed by atoms with Crippen LogP contribution >= 0.6 is 11.8 Å². The van der Waals surface area contributed by atoms with E-state index >= 15 is 0 Å². The largest absolute Gasteiger partial charge is 0.381 e. The lowest BCUT2D eigenvalue weighted by molar-refractivity contribution is 0.142. The molecule has 0 bridgehead atoms. The van der Waals surface area contributed by atoms with Crippen molar-refractivity contribution in [2.45, 2.75) is 55.9 Å². The van der Waals surface area contributed by atoms with E-state index in [1.165, 1.54) is 38.5 Å². The minimum Gasteiger partial charge on any atom is -0.381 e. The zero-order valence-corrected chi connectivity index (χ0v) is 10.5. The summed E-state index contributed by atoms with van der Waals surface area (Å²) in [4.78, 5) is 0. The second-order valence-electron chi connectivity index (χ2n) is 4.72. The molecule has 0 radical (unpaired) electrons. The molecule has 3 heteroatoms. The van der Waals surface area contributed by atoms with E-state index < -0.39 is 0 Å². The third-order valence-electron chi connectivity index (χ3n) is 3.66. The molecule has 0 aromatic rings. The molecule has 2 nitrogen and oxygen atoms in total. The normalized spacial score (nSPS) is 37.8. The van der Waals surface area contributed by atoms with Crippen LogP contribution in [0.4, 0.5) is 0 Å². The summed E-state index contributed by atoms with van der Waals surface area (Å²) in [6, 6.07) is 1.48. The third kappa shape index (κ3) is 3.36. The van der Waals surface area contributed by atoms with E-state index in [0.29, 0.717) is 6.04 Å². The number of hydrogen-bond donors (Lipinski definition) is 1. The summed E-state index contributed by atoms with van der Waals surface area (Å²) in [5.41, 5.74) is 0. The van der Waals surface area contributed by atoms with Crippen LogP contribution in [0.3, 0.4) is 0 Å². The van der Waals surface area contributed by atoms with Gasteiger partial charge in [0.05, 0.1) is 0 Å². The molecule has 1 aliphatic heterocycles. The van der Waals surface area contributed by atoms with Gasteiger partial charge < -0.3 is 10.1 Å². The molecule has 0 amide bonds. The first-order chi connectivity index (χ1) is 7.40. The Morgan fingerprint density at radius 2 is 2.00 bits per heavy atom. The van der Waals surface area contributed by atoms with E-state index in [1.807, 2.05) is 11.8 Å². The fourth-order valence-electron chi connectivity index (χ4n) is 2.77. The molecule has 2 fully saturated rings. The Kier molecular flexibility index (Phi) is 4.79. The van der Waals surface area contributed by atoms with Crippen molar-refractivity contribution >= 4 is 11.8 Å². The second-order valence-corrected chi connectivity index (χ2v) is 5.80. The maximum atomic E-state index is 5.50. The molecule has 0 aromatic carbocycles. The molecule has 2 aliphatic rings. The summed E-state index contributed by atoms with van der Waals surface area (Å²) in [5, 5.41) is 4.71. The molecule has 1 aliphatic carbocycles. The SMILES string of the molecule is CSC1CCCC1NC1CCCOCC1. The van der Waals surface area contributed by atoms with Gasteiger partial charge >= 0.3 is 0 Å². The van der Waals surface area contributed by atoms with Gasteiger partial charge in [0, 0.05) is 30.5 Å². The predicted octanol–water partition coefficient (Wildman–Crippen LogP) is 2.43. The van der Waals surface area contributed by atoms with Crippen molar-refractivity contribution in [1.82, 2.24) is 5.32 Å². The first-order valence-corrected chi connectivity index (χ1v) is 7.55. The molecular weight excluding hydrogens is 206 g/mol. The lowest BCUT2D eigenvalue weighted by Gasteiger charge is -2.25. The van der Waals surface area contributed by atoms with Crippen molar-refractivity contribution in [1.29, 1.82) is 0 Å². The topological polar surface area (TPSA) is 21.3 Å². The van der Waals surface area contributed by atoms with Crippen LogP contribution in [0.2, 0.25) is 0 Å². The molecule has 88 valence electrons. The first-order valence-electron chi connectivity index (χ1n) is 6.26. The number of thioether (sulfide) groups is 1. The Balaban J connectivity index is 1.78. The Hall–Kier alpha value is 0.270. The second kappa shape index (κ2) is 6.12. The number of hydrogen-bond acceptors (Lipinski definition) is 3. The Morgan fingerprint density at radius 3 is 2.87 bits per heavy atom. The molecule has 1 saturated heterocycles. The molecule has 3 unspecified atom stereocenters. The van der Waals surface area contributed by atoms with Crippen LogP contribution in [-0.4, -0.2) is 36.8 Å². The van der Waals surface area contributed by atoms with Crippen LogP contribution < -0.4 is 5.32 Å². The average Bonchev–Trinajstić information content (AvgIpc) is 2.53. The maximum Gasteiger partial charge on any atom is 0.0480 e. The van der Waals surface area contributed by atoms with E-state index in [9.17, 15) is 0 Å². The Labute approximate surface area is 97.5 Å². The fourth-order valence-corrected chi connectivity index (χ4v) is 3.72. The van der Waals surface area contributed by atoms with E-state index in [1.54, 1.807) is 0 Å². The molecule has 1 N–H and O–H groups in total. The summed E-state index contributed by atoms with van der Waals surface area (Å²) in [6.45, 7) is 1.92. The molecule has 2 rings (SSSR count). The zero-order chi connectivity index (χ0) is 10.5. The molecule has 0 aromatic heterocycles. The lowest BCUT2D eigenvalue weighted by atomic mass is 10.1. The average molecular weight is 229 g/mol. The summed E-state index contributed by atoms with van der Waals surface area (Å²) in [7, 11) is 0. The van der Waals surface area contributed by atoms with Crippen molar-refractivity contribution < 1.29 is 4.74 Å². The van der Waals surface area contributed by atoms with Crippen molar-refractivity contribution in [2.24, 2.45) is 0 Å². The molecular formula is C12H23NOS. The highest BCUT2D eigenvalue weighted by molar-refractivity contribution is 7.99. The van der Waals surface area contributed by atoms with Crippen molar-refractivity contribution in [3.05, 3.63) is 0 Å². The summed E-state index contributed by atoms with van der Waals surface area (Å²) in [6.07, 6.45) is 10.2. The van der Waals surface area contributed by atoms with Crippen molar-refractivity contribution in [3.63, 3.8) is 0 Å². The maximum absolute atomic E-state index is 5.50. The van der Waals surface area contributed by atoms with Gasteiger partial charge in [0.25, 0.3) is 0 Å². The van der Waals surface area contributed by atoms with Gasteiger partial charge in [-0.3, -0.25) is 0 Å². The van der Waals surface area contributed by atoms with Crippen LogP contribution in [0.1, 0.15) is 38.5 Å². The summed E-state index contributed by atoms with van der Waals surface area (Å²) >= 11 is 2.04. The van der Waals surface area contributed by atoms with E-state index in [4.69, 9.17) is 4.74 Å². The zero-order valence-electron chi connectivity index (χ0n) is 9.71. The van der Waals surface area contributed by atoms with Crippen LogP contribution in [0.25, 0.3) is 0 Å². The monoisotopic (exact) mass is 229 g/mol. The number of ether oxygens (including phenoxy) is 1. The van der Waals surface area contributed by atoms with Gasteiger partial charge in [0.2, 0.25) is 0 Å². The number of nitrogens with one attached hydrogen (secondary N) is 1. The highest BCUT2D eigenvalue weighted by Crippen LogP contribution is 2.29. The smallest absolute Gasteiger partial charge is 0.0480 e. The molecule has 1 heterocycles. The van der Waals surface area contributed by atoms with Gasteiger partial charge in [0.1, 0.15) is 0 Å². The molecule has 15 heavy (non-hydrogen) atoms. The Bertz CT molecular complexity index is 180. The van der Waals surface area contributed by atoms with Crippen LogP contribution in [0, 0.1) is 0 Å². The highest BCUT2D eigenvalue weighted by Gasteiger charge is 2.28. The van der Waals surface area contributed by atoms with Gasteiger partial charge in [-0.25, -0.2) is 0 Å². The minimum atomic E-state index is 0.713. The molecule has 1 saturated carbocycles. The standard InChI is InChI=1S/C12H23NOS/c1-15-12-6-2-5-11(12)13-10-4-3-8-14-9-7-10/h10-13H,2-9H2,1H3. The van der Waals surface area contributed by atoms with Crippen molar-refractivity contribution in [3.8, 4) is 0 Å². The minimum absolute atomic E-state index is 0.713. The molecule has 0 spiro atoms. The third-order valence-corrected chi connectivity index (χ3v) is 4.83. The predicted molar refractivity (Wildman–Crippen MR) is 66.5 cm³/mol. The van der Waals surface area contributed by atoms with E-state index in [-0.39, 0.29) is 0 Å². The van der Waals surface area contributed by atoms with Crippen molar-refractivity contribution in [2.75, 3.05) is 19.5 Å². The van der Waals surface area contributed by atoms with Crippen LogP contribution in [0.5, 0.6) is 0 Å². The highest BCUT2D eigenvalue weighted by atomic mass is 32.2. The quantitative estimate of drug-likeness (QED) is 0.803. The Morgan fingerprint density at radius 1 is 1.07 bits per heavy atom. The van der Waals surface area contributed by atoms with Gasteiger partial charge in [0.15, 0.2) is 0 Å². The van der Waals surface area contributed by atoms with Gasteiger partial charge in [-0.1, -0.05) is 6.42 Å². The van der Waals surface area contributed by atoms with E-state index in [2.05, 4.69) is 11.6 Å². The lowest BCUT2D eigenvalue weighted by Crippen LogP contribution is -2.41. The van der Waals surface area contributed by atoms with Crippen LogP contribution in [-0.2, 0) is 4.74 Å². The summed E-state index contributed by atoms with van der Waals surface area (Å²) in [5.74, 6) is 0. The number of rotatable bonds is 3. The fraction of sp³-hybridized carbons (Fsp3) is 1.00. The molecule has 3 atom stereocenters. The first kappa shape index (κ1) is 11.7. The van der Waals surface area contributed by atoms with Gasteiger partial charge in [-0.05, 0) is 38.4 Å². The van der Waals surface area contributed by atoms with E-state index in [0.717, 1.165) is 24.5 Å². The van der Waals surface area contributed by atoms with Gasteiger partial charge in [-0.2, -0.15) is 11.8 Å². The summed E-state index contributed by atoms with van der Waals surface area (Å²) < 4.78 is 5.50. The van der Waals surface area contributed by atoms with Gasteiger partial charge in [-0.15, -0.1) is 0 Å².